The molecule has 0 aliphatic carbocycles. The third-order valence-corrected chi connectivity index (χ3v) is 2.62. The molecule has 0 N–H and O–H groups in total. The quantitative estimate of drug-likeness (QED) is 0.329. The number of hydrogen-bond acceptors (Lipinski definition) is 4. The fourth-order valence-electron chi connectivity index (χ4n) is 1.01. The van der Waals surface area contributed by atoms with Crippen molar-refractivity contribution in [2.45, 2.75) is 12.5 Å². The predicted octanol–water partition coefficient (Wildman–Crippen LogP) is 3.51. The summed E-state index contributed by atoms with van der Waals surface area (Å²) >= 11 is 0.933. The van der Waals surface area contributed by atoms with Crippen molar-refractivity contribution in [3.05, 3.63) is 25.4 Å². The van der Waals surface area contributed by atoms with Crippen LogP contribution in [0.4, 0.5) is 32.2 Å². The molecule has 0 saturated heterocycles. The Bertz CT molecular complexity index is 515. The molecule has 19 heavy (non-hydrogen) atoms. The monoisotopic (exact) mass is 402 g/mol. The third-order valence-electron chi connectivity index (χ3n) is 1.65. The maximum Gasteiger partial charge on any atom is 0.573 e. The third kappa shape index (κ3) is 3.81. The Labute approximate surface area is 113 Å². The molecule has 1 aromatic heterocycles. The molecule has 0 atom stereocenters. The Morgan fingerprint density at radius 3 is 2.16 bits per heavy atom. The number of hydrogen-bond donors (Lipinski definition) is 0. The van der Waals surface area contributed by atoms with Crippen LogP contribution in [0, 0.1) is 13.7 Å². The van der Waals surface area contributed by atoms with E-state index in [1.165, 1.54) is 0 Å². The van der Waals surface area contributed by atoms with Crippen LogP contribution in [-0.4, -0.2) is 16.3 Å². The van der Waals surface area contributed by atoms with Crippen LogP contribution in [0.25, 0.3) is 0 Å². The van der Waals surface area contributed by atoms with Crippen LogP contribution in [0.3, 0.4) is 0 Å². The van der Waals surface area contributed by atoms with E-state index < -0.39 is 38.2 Å². The van der Waals surface area contributed by atoms with Gasteiger partial charge in [0.25, 0.3) is 0 Å². The van der Waals surface area contributed by atoms with E-state index in [-0.39, 0.29) is 6.20 Å². The van der Waals surface area contributed by atoms with Crippen LogP contribution >= 0.6 is 22.6 Å². The molecule has 12 heteroatoms. The molecule has 0 radical (unpaired) electrons. The van der Waals surface area contributed by atoms with Crippen molar-refractivity contribution in [1.82, 2.24) is 4.98 Å². The standard InChI is InChI=1S/C7HF6IN2O3/c8-6(9,10)2-1-15-5(16(17)18)3(14)4(2)19-7(11,12)13/h1H. The largest absolute Gasteiger partial charge is 0.573 e. The lowest BCUT2D eigenvalue weighted by Gasteiger charge is -2.15. The van der Waals surface area contributed by atoms with Gasteiger partial charge in [0.2, 0.25) is 0 Å². The number of nitro groups is 1. The highest BCUT2D eigenvalue weighted by Gasteiger charge is 2.43. The number of ether oxygens (including phenoxy) is 1. The molecule has 0 bridgehead atoms. The molecule has 1 aromatic rings. The van der Waals surface area contributed by atoms with E-state index in [4.69, 9.17) is 0 Å². The highest BCUT2D eigenvalue weighted by Crippen LogP contribution is 2.42. The van der Waals surface area contributed by atoms with Gasteiger partial charge in [-0.1, -0.05) is 0 Å². The summed E-state index contributed by atoms with van der Waals surface area (Å²) in [6.07, 6.45) is -10.7. The van der Waals surface area contributed by atoms with Gasteiger partial charge in [0.1, 0.15) is 5.56 Å². The summed E-state index contributed by atoms with van der Waals surface area (Å²) in [7, 11) is 0. The number of pyridine rings is 1. The summed E-state index contributed by atoms with van der Waals surface area (Å²) in [4.78, 5) is 12.1. The SMILES string of the molecule is O=[N+]([O-])c1ncc(C(F)(F)F)c(OC(F)(F)F)c1I. The molecule has 0 saturated carbocycles. The Balaban J connectivity index is 3.51. The Morgan fingerprint density at radius 2 is 1.79 bits per heavy atom. The summed E-state index contributed by atoms with van der Waals surface area (Å²) in [6.45, 7) is 0. The predicted molar refractivity (Wildman–Crippen MR) is 55.3 cm³/mol. The zero-order valence-corrected chi connectivity index (χ0v) is 10.5. The summed E-state index contributed by atoms with van der Waals surface area (Å²) in [5, 5.41) is 10.4. The van der Waals surface area contributed by atoms with Gasteiger partial charge in [-0.2, -0.15) is 13.2 Å². The molecular formula is C7HF6IN2O3. The molecule has 0 spiro atoms. The topological polar surface area (TPSA) is 65.3 Å². The summed E-state index contributed by atoms with van der Waals surface area (Å²) < 4.78 is 75.8. The zero-order valence-electron chi connectivity index (χ0n) is 8.34. The van der Waals surface area contributed by atoms with Crippen LogP contribution in [0.1, 0.15) is 5.56 Å². The second-order valence-corrected chi connectivity index (χ2v) is 4.02. The Hall–Kier alpha value is -1.34. The van der Waals surface area contributed by atoms with Gasteiger partial charge in [0, 0.05) is 0 Å². The molecule has 0 fully saturated rings. The van der Waals surface area contributed by atoms with Crippen molar-refractivity contribution in [2.75, 3.05) is 0 Å². The normalized spacial score (nSPS) is 12.4. The number of rotatable bonds is 2. The highest BCUT2D eigenvalue weighted by atomic mass is 127. The first-order chi connectivity index (χ1) is 8.43. The van der Waals surface area contributed by atoms with Crippen molar-refractivity contribution in [3.8, 4) is 5.75 Å². The van der Waals surface area contributed by atoms with E-state index >= 15 is 0 Å². The molecule has 0 aliphatic heterocycles. The maximum absolute atomic E-state index is 12.5. The highest BCUT2D eigenvalue weighted by molar-refractivity contribution is 14.1. The lowest BCUT2D eigenvalue weighted by molar-refractivity contribution is -0.390. The van der Waals surface area contributed by atoms with E-state index in [2.05, 4.69) is 9.72 Å². The van der Waals surface area contributed by atoms with Gasteiger partial charge in [0.15, 0.2) is 15.5 Å². The summed E-state index contributed by atoms with van der Waals surface area (Å²) in [5.41, 5.74) is -1.85. The molecule has 0 unspecified atom stereocenters. The van der Waals surface area contributed by atoms with E-state index in [1.807, 2.05) is 0 Å². The van der Waals surface area contributed by atoms with Gasteiger partial charge in [0.05, 0.1) is 0 Å². The molecule has 1 rings (SSSR count). The molecule has 1 heterocycles. The van der Waals surface area contributed by atoms with E-state index in [1.54, 1.807) is 0 Å². The first-order valence-electron chi connectivity index (χ1n) is 4.09. The smallest absolute Gasteiger partial charge is 0.404 e. The second kappa shape index (κ2) is 4.97. The van der Waals surface area contributed by atoms with Crippen molar-refractivity contribution < 1.29 is 36.0 Å². The maximum atomic E-state index is 12.5. The van der Waals surface area contributed by atoms with Crippen LogP contribution < -0.4 is 4.74 Å². The molecule has 0 amide bonds. The van der Waals surface area contributed by atoms with Crippen molar-refractivity contribution >= 4 is 28.4 Å². The van der Waals surface area contributed by atoms with Crippen molar-refractivity contribution in [1.29, 1.82) is 0 Å². The van der Waals surface area contributed by atoms with E-state index in [0.717, 1.165) is 22.6 Å². The van der Waals surface area contributed by atoms with E-state index in [9.17, 15) is 36.5 Å². The molecule has 0 aliphatic rings. The minimum Gasteiger partial charge on any atom is -0.404 e. The minimum absolute atomic E-state index is 0.0820. The van der Waals surface area contributed by atoms with Gasteiger partial charge in [-0.15, -0.1) is 13.2 Å². The van der Waals surface area contributed by atoms with E-state index in [0.29, 0.717) is 0 Å². The number of halogens is 7. The lowest BCUT2D eigenvalue weighted by Crippen LogP contribution is -2.21. The molecule has 0 aromatic carbocycles. The average Bonchev–Trinajstić information content (AvgIpc) is 2.16. The second-order valence-electron chi connectivity index (χ2n) is 2.94. The van der Waals surface area contributed by atoms with Crippen LogP contribution in [0.2, 0.25) is 0 Å². The number of nitrogens with zero attached hydrogens (tertiary/aromatic N) is 2. The fraction of sp³-hybridized carbons (Fsp3) is 0.286. The first-order valence-corrected chi connectivity index (χ1v) is 5.17. The molecule has 106 valence electrons. The Morgan fingerprint density at radius 1 is 1.26 bits per heavy atom. The van der Waals surface area contributed by atoms with Gasteiger partial charge < -0.3 is 14.9 Å². The average molecular weight is 402 g/mol. The first kappa shape index (κ1) is 15.7. The van der Waals surface area contributed by atoms with Gasteiger partial charge in [-0.3, -0.25) is 0 Å². The van der Waals surface area contributed by atoms with Crippen LogP contribution in [-0.2, 0) is 6.18 Å². The molecule has 5 nitrogen and oxygen atoms in total. The van der Waals surface area contributed by atoms with Gasteiger partial charge >= 0.3 is 18.4 Å². The lowest BCUT2D eigenvalue weighted by atomic mass is 10.2. The van der Waals surface area contributed by atoms with Gasteiger partial charge in [-0.05, 0) is 32.5 Å². The van der Waals surface area contributed by atoms with Crippen molar-refractivity contribution in [3.63, 3.8) is 0 Å². The number of alkyl halides is 6. The fourth-order valence-corrected chi connectivity index (χ4v) is 1.74. The minimum atomic E-state index is -5.42. The zero-order chi connectivity index (χ0) is 15.0. The summed E-state index contributed by atoms with van der Waals surface area (Å²) in [6, 6.07) is 0. The van der Waals surface area contributed by atoms with Crippen LogP contribution in [0.5, 0.6) is 5.75 Å². The van der Waals surface area contributed by atoms with Crippen LogP contribution in [0.15, 0.2) is 6.20 Å². The van der Waals surface area contributed by atoms with Gasteiger partial charge in [-0.25, -0.2) is 0 Å². The summed E-state index contributed by atoms with van der Waals surface area (Å²) in [5.74, 6) is -2.85. The Kier molecular flexibility index (Phi) is 4.11. The number of aromatic nitrogens is 1. The van der Waals surface area contributed by atoms with Crippen molar-refractivity contribution in [2.24, 2.45) is 0 Å². The molecular weight excluding hydrogens is 401 g/mol.